The molecule has 0 saturated heterocycles. The summed E-state index contributed by atoms with van der Waals surface area (Å²) < 4.78 is 32.5. The van der Waals surface area contributed by atoms with E-state index in [1.54, 1.807) is 31.4 Å². The van der Waals surface area contributed by atoms with Crippen molar-refractivity contribution < 1.29 is 13.2 Å². The third kappa shape index (κ3) is 4.16. The SMILES string of the molecule is CCC(CC)N(CCOC)S(=O)(=O)c1ccccc1NN. The van der Waals surface area contributed by atoms with Crippen LogP contribution in [0.4, 0.5) is 5.69 Å². The van der Waals surface area contributed by atoms with E-state index in [2.05, 4.69) is 5.43 Å². The number of methoxy groups -OCH3 is 1. The molecular formula is C14H25N3O3S. The molecule has 7 heteroatoms. The van der Waals surface area contributed by atoms with Crippen molar-refractivity contribution >= 4 is 15.7 Å². The second-order valence-electron chi connectivity index (χ2n) is 4.72. The van der Waals surface area contributed by atoms with Crippen LogP contribution in [0.15, 0.2) is 29.2 Å². The first-order chi connectivity index (χ1) is 10.0. The number of anilines is 1. The van der Waals surface area contributed by atoms with Crippen molar-refractivity contribution in [2.75, 3.05) is 25.7 Å². The van der Waals surface area contributed by atoms with Gasteiger partial charge < -0.3 is 10.2 Å². The van der Waals surface area contributed by atoms with Crippen LogP contribution < -0.4 is 11.3 Å². The average Bonchev–Trinajstić information content (AvgIpc) is 2.51. The number of nitrogens with one attached hydrogen (secondary N) is 1. The van der Waals surface area contributed by atoms with E-state index >= 15 is 0 Å². The molecule has 120 valence electrons. The molecule has 0 heterocycles. The minimum atomic E-state index is -3.63. The second-order valence-corrected chi connectivity index (χ2v) is 6.58. The van der Waals surface area contributed by atoms with Gasteiger partial charge in [0.1, 0.15) is 4.90 Å². The zero-order valence-electron chi connectivity index (χ0n) is 12.9. The molecule has 0 aliphatic carbocycles. The van der Waals surface area contributed by atoms with Crippen LogP contribution in [0.25, 0.3) is 0 Å². The number of nitrogen functional groups attached to an aromatic ring is 1. The predicted molar refractivity (Wildman–Crippen MR) is 84.4 cm³/mol. The maximum Gasteiger partial charge on any atom is 0.245 e. The minimum Gasteiger partial charge on any atom is -0.383 e. The molecular weight excluding hydrogens is 290 g/mol. The summed E-state index contributed by atoms with van der Waals surface area (Å²) in [4.78, 5) is 0.190. The van der Waals surface area contributed by atoms with E-state index in [1.807, 2.05) is 13.8 Å². The lowest BCUT2D eigenvalue weighted by atomic mass is 10.2. The summed E-state index contributed by atoms with van der Waals surface area (Å²) in [5.41, 5.74) is 2.84. The summed E-state index contributed by atoms with van der Waals surface area (Å²) in [6.07, 6.45) is 1.50. The fourth-order valence-electron chi connectivity index (χ4n) is 2.31. The first-order valence-electron chi connectivity index (χ1n) is 7.09. The van der Waals surface area contributed by atoms with Crippen LogP contribution in [0.5, 0.6) is 0 Å². The maximum atomic E-state index is 13.0. The van der Waals surface area contributed by atoms with Gasteiger partial charge in [0.2, 0.25) is 10.0 Å². The van der Waals surface area contributed by atoms with Crippen LogP contribution >= 0.6 is 0 Å². The van der Waals surface area contributed by atoms with Crippen LogP contribution in [-0.2, 0) is 14.8 Å². The molecule has 6 nitrogen and oxygen atoms in total. The monoisotopic (exact) mass is 315 g/mol. The number of rotatable bonds is 9. The number of hydrazine groups is 1. The molecule has 0 spiro atoms. The third-order valence-corrected chi connectivity index (χ3v) is 5.50. The number of para-hydroxylation sites is 1. The zero-order valence-corrected chi connectivity index (χ0v) is 13.7. The molecule has 0 radical (unpaired) electrons. The van der Waals surface area contributed by atoms with E-state index in [0.717, 1.165) is 12.8 Å². The lowest BCUT2D eigenvalue weighted by Crippen LogP contribution is -2.42. The number of nitrogens with two attached hydrogens (primary N) is 1. The van der Waals surface area contributed by atoms with Gasteiger partial charge in [-0.3, -0.25) is 5.84 Å². The Morgan fingerprint density at radius 3 is 2.43 bits per heavy atom. The van der Waals surface area contributed by atoms with Crippen molar-refractivity contribution in [1.29, 1.82) is 0 Å². The topological polar surface area (TPSA) is 84.7 Å². The third-order valence-electron chi connectivity index (χ3n) is 3.49. The number of nitrogens with zero attached hydrogens (tertiary/aromatic N) is 1. The van der Waals surface area contributed by atoms with Crippen LogP contribution in [-0.4, -0.2) is 39.0 Å². The van der Waals surface area contributed by atoms with Gasteiger partial charge in [0, 0.05) is 19.7 Å². The number of ether oxygens (including phenoxy) is 1. The van der Waals surface area contributed by atoms with Crippen molar-refractivity contribution in [1.82, 2.24) is 4.31 Å². The van der Waals surface area contributed by atoms with Gasteiger partial charge in [-0.25, -0.2) is 8.42 Å². The van der Waals surface area contributed by atoms with Gasteiger partial charge in [-0.2, -0.15) is 4.31 Å². The fraction of sp³-hybridized carbons (Fsp3) is 0.571. The van der Waals surface area contributed by atoms with Crippen molar-refractivity contribution in [3.8, 4) is 0 Å². The molecule has 21 heavy (non-hydrogen) atoms. The fourth-order valence-corrected chi connectivity index (χ4v) is 4.23. The second kappa shape index (κ2) is 8.33. The van der Waals surface area contributed by atoms with Gasteiger partial charge in [-0.05, 0) is 25.0 Å². The highest BCUT2D eigenvalue weighted by Crippen LogP contribution is 2.26. The highest BCUT2D eigenvalue weighted by atomic mass is 32.2. The summed E-state index contributed by atoms with van der Waals surface area (Å²) in [5, 5.41) is 0. The molecule has 0 aliphatic rings. The van der Waals surface area contributed by atoms with E-state index in [-0.39, 0.29) is 10.9 Å². The number of benzene rings is 1. The predicted octanol–water partition coefficient (Wildman–Crippen LogP) is 1.80. The minimum absolute atomic E-state index is 0.0593. The molecule has 0 saturated carbocycles. The highest BCUT2D eigenvalue weighted by Gasteiger charge is 2.31. The Bertz CT molecular complexity index is 530. The van der Waals surface area contributed by atoms with Crippen molar-refractivity contribution in [2.24, 2.45) is 5.84 Å². The van der Waals surface area contributed by atoms with Crippen LogP contribution in [0.1, 0.15) is 26.7 Å². The Hall–Kier alpha value is -1.15. The molecule has 0 aromatic heterocycles. The molecule has 0 atom stereocenters. The lowest BCUT2D eigenvalue weighted by molar-refractivity contribution is 0.163. The summed E-state index contributed by atoms with van der Waals surface area (Å²) in [7, 11) is -2.07. The van der Waals surface area contributed by atoms with Gasteiger partial charge >= 0.3 is 0 Å². The Balaban J connectivity index is 3.25. The summed E-state index contributed by atoms with van der Waals surface area (Å²) >= 11 is 0. The quantitative estimate of drug-likeness (QED) is 0.536. The number of hydrogen-bond donors (Lipinski definition) is 2. The lowest BCUT2D eigenvalue weighted by Gasteiger charge is -2.30. The standard InChI is InChI=1S/C14H25N3O3S/c1-4-12(5-2)17(10-11-20-3)21(18,19)14-9-7-6-8-13(14)16-15/h6-9,12,16H,4-5,10-11,15H2,1-3H3. The van der Waals surface area contributed by atoms with Crippen molar-refractivity contribution in [2.45, 2.75) is 37.6 Å². The zero-order chi connectivity index (χ0) is 15.9. The first kappa shape index (κ1) is 17.9. The van der Waals surface area contributed by atoms with Gasteiger partial charge in [-0.1, -0.05) is 26.0 Å². The molecule has 1 rings (SSSR count). The first-order valence-corrected chi connectivity index (χ1v) is 8.53. The maximum absolute atomic E-state index is 13.0. The van der Waals surface area contributed by atoms with Crippen LogP contribution in [0.2, 0.25) is 0 Å². The normalized spacial score (nSPS) is 12.1. The van der Waals surface area contributed by atoms with Gasteiger partial charge in [0.05, 0.1) is 12.3 Å². The Morgan fingerprint density at radius 1 is 1.29 bits per heavy atom. The molecule has 0 unspecified atom stereocenters. The largest absolute Gasteiger partial charge is 0.383 e. The average molecular weight is 315 g/mol. The molecule has 3 N–H and O–H groups in total. The number of hydrogen-bond acceptors (Lipinski definition) is 5. The van der Waals surface area contributed by atoms with Crippen LogP contribution in [0.3, 0.4) is 0 Å². The van der Waals surface area contributed by atoms with Gasteiger partial charge in [-0.15, -0.1) is 0 Å². The highest BCUT2D eigenvalue weighted by molar-refractivity contribution is 7.89. The summed E-state index contributed by atoms with van der Waals surface area (Å²) in [6, 6.07) is 6.58. The molecule has 1 aromatic rings. The Labute approximate surface area is 127 Å². The summed E-state index contributed by atoms with van der Waals surface area (Å²) in [5.74, 6) is 5.43. The molecule has 0 fully saturated rings. The van der Waals surface area contributed by atoms with E-state index in [9.17, 15) is 8.42 Å². The Morgan fingerprint density at radius 2 is 1.90 bits per heavy atom. The molecule has 0 bridgehead atoms. The van der Waals surface area contributed by atoms with E-state index < -0.39 is 10.0 Å². The molecule has 0 aliphatic heterocycles. The molecule has 0 amide bonds. The van der Waals surface area contributed by atoms with Crippen molar-refractivity contribution in [3.05, 3.63) is 24.3 Å². The number of sulfonamides is 1. The van der Waals surface area contributed by atoms with E-state index in [1.165, 1.54) is 4.31 Å². The van der Waals surface area contributed by atoms with Crippen LogP contribution in [0, 0.1) is 0 Å². The smallest absolute Gasteiger partial charge is 0.245 e. The molecule has 1 aromatic carbocycles. The summed E-state index contributed by atoms with van der Waals surface area (Å²) in [6.45, 7) is 4.64. The van der Waals surface area contributed by atoms with E-state index in [4.69, 9.17) is 10.6 Å². The van der Waals surface area contributed by atoms with Crippen molar-refractivity contribution in [3.63, 3.8) is 0 Å². The Kier molecular flexibility index (Phi) is 7.10. The van der Waals surface area contributed by atoms with Gasteiger partial charge in [0.15, 0.2) is 0 Å². The van der Waals surface area contributed by atoms with E-state index in [0.29, 0.717) is 18.8 Å². The van der Waals surface area contributed by atoms with Gasteiger partial charge in [0.25, 0.3) is 0 Å².